The Kier molecular flexibility index (Phi) is 5.95. The van der Waals surface area contributed by atoms with Crippen LogP contribution in [0.4, 0.5) is 5.82 Å². The molecule has 1 aliphatic heterocycles. The molecule has 3 heterocycles. The predicted octanol–water partition coefficient (Wildman–Crippen LogP) is 3.67. The summed E-state index contributed by atoms with van der Waals surface area (Å²) in [5.74, 6) is 1.46. The normalized spacial score (nSPS) is 17.6. The minimum atomic E-state index is -3.73. The van der Waals surface area contributed by atoms with Gasteiger partial charge in [0.25, 0.3) is 0 Å². The number of benzene rings is 1. The van der Waals surface area contributed by atoms with Crippen LogP contribution in [0.25, 0.3) is 11.4 Å². The Balaban J connectivity index is 1.28. The van der Waals surface area contributed by atoms with Crippen LogP contribution in [-0.2, 0) is 14.8 Å². The maximum atomic E-state index is 13.5. The fourth-order valence-corrected chi connectivity index (χ4v) is 5.92. The highest BCUT2D eigenvalue weighted by atomic mass is 32.2. The van der Waals surface area contributed by atoms with E-state index in [0.29, 0.717) is 47.4 Å². The van der Waals surface area contributed by atoms with E-state index in [-0.39, 0.29) is 29.8 Å². The van der Waals surface area contributed by atoms with Gasteiger partial charge >= 0.3 is 0 Å². The molecule has 10 heteroatoms. The number of amides is 1. The van der Waals surface area contributed by atoms with Crippen LogP contribution in [0.3, 0.4) is 0 Å². The van der Waals surface area contributed by atoms with Crippen LogP contribution in [0, 0.1) is 19.8 Å². The van der Waals surface area contributed by atoms with E-state index in [1.54, 1.807) is 25.3 Å². The summed E-state index contributed by atoms with van der Waals surface area (Å²) >= 11 is 0. The second-order valence-corrected chi connectivity index (χ2v) is 11.0. The smallest absolute Gasteiger partial charge is 0.243 e. The van der Waals surface area contributed by atoms with Crippen molar-refractivity contribution >= 4 is 21.7 Å². The van der Waals surface area contributed by atoms with Crippen LogP contribution < -0.4 is 5.32 Å². The molecule has 0 spiro atoms. The van der Waals surface area contributed by atoms with Crippen molar-refractivity contribution in [2.24, 2.45) is 5.92 Å². The molecule has 9 nitrogen and oxygen atoms in total. The summed E-state index contributed by atoms with van der Waals surface area (Å²) in [6, 6.07) is 8.87. The summed E-state index contributed by atoms with van der Waals surface area (Å²) in [7, 11) is -3.73. The van der Waals surface area contributed by atoms with Crippen LogP contribution in [0.5, 0.6) is 0 Å². The number of nitrogens with one attached hydrogen (secondary N) is 1. The molecule has 1 amide bonds. The second-order valence-electron chi connectivity index (χ2n) is 9.10. The van der Waals surface area contributed by atoms with Gasteiger partial charge in [0.2, 0.25) is 27.6 Å². The van der Waals surface area contributed by atoms with Gasteiger partial charge in [-0.1, -0.05) is 17.3 Å². The van der Waals surface area contributed by atoms with Gasteiger partial charge in [-0.3, -0.25) is 4.79 Å². The van der Waals surface area contributed by atoms with Crippen LogP contribution in [0.15, 0.2) is 45.9 Å². The third-order valence-corrected chi connectivity index (χ3v) is 8.46. The van der Waals surface area contributed by atoms with Gasteiger partial charge in [-0.25, -0.2) is 13.4 Å². The number of aromatic nitrogens is 3. The first-order chi connectivity index (χ1) is 16.3. The summed E-state index contributed by atoms with van der Waals surface area (Å²) < 4.78 is 33.7. The maximum absolute atomic E-state index is 13.5. The van der Waals surface area contributed by atoms with E-state index < -0.39 is 10.0 Å². The van der Waals surface area contributed by atoms with Gasteiger partial charge in [-0.2, -0.15) is 9.29 Å². The zero-order valence-electron chi connectivity index (χ0n) is 19.2. The molecular formula is C24H27N5O4S. The predicted molar refractivity (Wildman–Crippen MR) is 126 cm³/mol. The van der Waals surface area contributed by atoms with Gasteiger partial charge in [0.15, 0.2) is 0 Å². The maximum Gasteiger partial charge on any atom is 0.243 e. The Bertz CT molecular complexity index is 1320. The minimum Gasteiger partial charge on any atom is -0.339 e. The van der Waals surface area contributed by atoms with Crippen molar-refractivity contribution in [2.75, 3.05) is 18.4 Å². The third kappa shape index (κ3) is 4.60. The Morgan fingerprint density at radius 3 is 2.56 bits per heavy atom. The first kappa shape index (κ1) is 22.7. The molecule has 0 atom stereocenters. The van der Waals surface area contributed by atoms with Gasteiger partial charge in [0, 0.05) is 36.7 Å². The van der Waals surface area contributed by atoms with Crippen LogP contribution >= 0.6 is 0 Å². The quantitative estimate of drug-likeness (QED) is 0.571. The summed E-state index contributed by atoms with van der Waals surface area (Å²) in [4.78, 5) is 21.5. The molecule has 2 aliphatic rings. The average Bonchev–Trinajstić information content (AvgIpc) is 3.56. The van der Waals surface area contributed by atoms with E-state index in [0.717, 1.165) is 18.4 Å². The molecule has 1 N–H and O–H groups in total. The highest BCUT2D eigenvalue weighted by Crippen LogP contribution is 2.39. The van der Waals surface area contributed by atoms with E-state index in [1.165, 1.54) is 4.31 Å². The number of rotatable bonds is 6. The molecule has 1 aliphatic carbocycles. The van der Waals surface area contributed by atoms with Crippen LogP contribution in [0.2, 0.25) is 0 Å². The lowest BCUT2D eigenvalue weighted by molar-refractivity contribution is -0.120. The Morgan fingerprint density at radius 2 is 1.85 bits per heavy atom. The Hall–Kier alpha value is -3.11. The molecule has 0 radical (unpaired) electrons. The molecule has 1 aromatic carbocycles. The van der Waals surface area contributed by atoms with Crippen molar-refractivity contribution in [3.05, 3.63) is 53.5 Å². The lowest BCUT2D eigenvalue weighted by atomic mass is 9.97. The van der Waals surface area contributed by atoms with Gasteiger partial charge < -0.3 is 9.84 Å². The topological polar surface area (TPSA) is 118 Å². The van der Waals surface area contributed by atoms with Crippen molar-refractivity contribution in [3.63, 3.8) is 0 Å². The number of hydrogen-bond acceptors (Lipinski definition) is 7. The number of pyridine rings is 1. The highest BCUT2D eigenvalue weighted by molar-refractivity contribution is 7.89. The van der Waals surface area contributed by atoms with Crippen LogP contribution in [0.1, 0.15) is 48.6 Å². The monoisotopic (exact) mass is 481 g/mol. The number of carbonyl (C=O) groups excluding carboxylic acids is 1. The van der Waals surface area contributed by atoms with Gasteiger partial charge in [-0.15, -0.1) is 0 Å². The standard InChI is InChI=1S/C24H27N5O4S/c1-15-7-10-25-21(13-15)26-23(30)17-8-11-29(12-9-17)34(31,32)20-14-19(4-3-16(20)2)22-27-24(33-28-22)18-5-6-18/h3-4,7,10,13-14,17-18H,5-6,8-9,11-12H2,1-2H3,(H,25,26,30). The number of piperidine rings is 1. The first-order valence-electron chi connectivity index (χ1n) is 11.5. The molecule has 2 aromatic heterocycles. The van der Waals surface area contributed by atoms with E-state index in [1.807, 2.05) is 25.1 Å². The number of carbonyl (C=O) groups is 1. The first-order valence-corrected chi connectivity index (χ1v) is 12.9. The summed E-state index contributed by atoms with van der Waals surface area (Å²) in [6.07, 6.45) is 4.64. The summed E-state index contributed by atoms with van der Waals surface area (Å²) in [5.41, 5.74) is 2.27. The second kappa shape index (κ2) is 8.92. The zero-order valence-corrected chi connectivity index (χ0v) is 20.0. The lowest BCUT2D eigenvalue weighted by Crippen LogP contribution is -2.41. The van der Waals surface area contributed by atoms with Gasteiger partial charge in [0.05, 0.1) is 4.90 Å². The van der Waals surface area contributed by atoms with Gasteiger partial charge in [0.1, 0.15) is 5.82 Å². The molecule has 34 heavy (non-hydrogen) atoms. The highest BCUT2D eigenvalue weighted by Gasteiger charge is 2.34. The SMILES string of the molecule is Cc1ccnc(NC(=O)C2CCN(S(=O)(=O)c3cc(-c4noc(C5CC5)n4)ccc3C)CC2)c1. The fourth-order valence-electron chi connectivity index (χ4n) is 4.20. The van der Waals surface area contributed by atoms with E-state index in [4.69, 9.17) is 4.52 Å². The molecule has 2 fully saturated rings. The average molecular weight is 482 g/mol. The molecule has 1 saturated carbocycles. The fraction of sp³-hybridized carbons (Fsp3) is 0.417. The molecule has 178 valence electrons. The van der Waals surface area contributed by atoms with Crippen molar-refractivity contribution in [3.8, 4) is 11.4 Å². The van der Waals surface area contributed by atoms with Gasteiger partial charge in [-0.05, 0) is 68.9 Å². The molecule has 1 saturated heterocycles. The zero-order chi connectivity index (χ0) is 23.9. The molecule has 3 aromatic rings. The summed E-state index contributed by atoms with van der Waals surface area (Å²) in [6.45, 7) is 4.26. The Labute approximate surface area is 198 Å². The number of sulfonamides is 1. The number of aryl methyl sites for hydroxylation is 2. The van der Waals surface area contributed by atoms with E-state index in [2.05, 4.69) is 20.4 Å². The third-order valence-electron chi connectivity index (χ3n) is 6.42. The molecule has 0 unspecified atom stereocenters. The molecule has 5 rings (SSSR count). The van der Waals surface area contributed by atoms with Crippen molar-refractivity contribution in [2.45, 2.75) is 50.3 Å². The Morgan fingerprint density at radius 1 is 1.09 bits per heavy atom. The summed E-state index contributed by atoms with van der Waals surface area (Å²) in [5, 5.41) is 6.88. The molecule has 0 bridgehead atoms. The van der Waals surface area contributed by atoms with Crippen molar-refractivity contribution in [1.82, 2.24) is 19.4 Å². The number of hydrogen-bond donors (Lipinski definition) is 1. The van der Waals surface area contributed by atoms with Crippen molar-refractivity contribution in [1.29, 1.82) is 0 Å². The van der Waals surface area contributed by atoms with E-state index >= 15 is 0 Å². The number of nitrogens with zero attached hydrogens (tertiary/aromatic N) is 4. The van der Waals surface area contributed by atoms with Crippen LogP contribution in [-0.4, -0.2) is 46.8 Å². The number of anilines is 1. The lowest BCUT2D eigenvalue weighted by Gasteiger charge is -2.31. The minimum absolute atomic E-state index is 0.128. The largest absolute Gasteiger partial charge is 0.339 e. The molecular weight excluding hydrogens is 454 g/mol. The van der Waals surface area contributed by atoms with Crippen molar-refractivity contribution < 1.29 is 17.7 Å². The van der Waals surface area contributed by atoms with E-state index in [9.17, 15) is 13.2 Å².